The summed E-state index contributed by atoms with van der Waals surface area (Å²) < 4.78 is 34.1. The third-order valence-electron chi connectivity index (χ3n) is 4.24. The third-order valence-corrected chi connectivity index (χ3v) is 4.82. The maximum atomic E-state index is 11.5. The van der Waals surface area contributed by atoms with E-state index in [0.717, 1.165) is 47.3 Å². The molecule has 0 spiro atoms. The maximum absolute atomic E-state index is 11.5. The molecular weight excluding hydrogens is 336 g/mol. The highest BCUT2D eigenvalue weighted by Crippen LogP contribution is 2.26. The van der Waals surface area contributed by atoms with Crippen molar-refractivity contribution in [3.05, 3.63) is 40.9 Å². The highest BCUT2D eigenvalue weighted by atomic mass is 32.2. The maximum Gasteiger partial charge on any atom is 0.265 e. The van der Waals surface area contributed by atoms with Crippen LogP contribution in [0.4, 0.5) is 0 Å². The molecule has 136 valence electrons. The second-order valence-electron chi connectivity index (χ2n) is 6.85. The lowest BCUT2D eigenvalue weighted by Gasteiger charge is -2.14. The molecule has 0 radical (unpaired) electrons. The fourth-order valence-corrected chi connectivity index (χ4v) is 3.45. The van der Waals surface area contributed by atoms with E-state index < -0.39 is 16.2 Å². The average molecular weight is 362 g/mol. The van der Waals surface area contributed by atoms with E-state index in [1.54, 1.807) is 0 Å². The van der Waals surface area contributed by atoms with E-state index in [1.165, 1.54) is 0 Å². The van der Waals surface area contributed by atoms with E-state index >= 15 is 0 Å². The van der Waals surface area contributed by atoms with Gasteiger partial charge in [0, 0.05) is 19.3 Å². The van der Waals surface area contributed by atoms with Gasteiger partial charge in [-0.2, -0.15) is 8.42 Å². The van der Waals surface area contributed by atoms with Gasteiger partial charge in [0.1, 0.15) is 17.6 Å². The Kier molecular flexibility index (Phi) is 6.31. The summed E-state index contributed by atoms with van der Waals surface area (Å²) in [5.41, 5.74) is 3.18. The minimum Gasteiger partial charge on any atom is -0.461 e. The molecule has 0 N–H and O–H groups in total. The van der Waals surface area contributed by atoms with Crippen molar-refractivity contribution in [3.8, 4) is 11.8 Å². The Morgan fingerprint density at radius 2 is 2.08 bits per heavy atom. The van der Waals surface area contributed by atoms with Gasteiger partial charge in [-0.1, -0.05) is 23.6 Å². The van der Waals surface area contributed by atoms with Crippen LogP contribution in [-0.4, -0.2) is 20.8 Å². The molecule has 0 fully saturated rings. The standard InChI is InChI=1S/C20H26O4S/c1-14(2)17-8-6-7-9-18(24-25(5,21)22)10-15(3)11-19-12-16(4)20(13-17)23-19/h11-12,17-18H,1,6,8,10,13H2,2-5H3/b15-11-/t17-,18+/m0/s1. The first kappa shape index (κ1) is 19.6. The van der Waals surface area contributed by atoms with Gasteiger partial charge in [-0.05, 0) is 50.8 Å². The number of allylic oxidation sites excluding steroid dienone is 1. The average Bonchev–Trinajstić information content (AvgIpc) is 2.79. The van der Waals surface area contributed by atoms with Crippen molar-refractivity contribution in [2.45, 2.75) is 52.6 Å². The first-order chi connectivity index (χ1) is 11.6. The zero-order valence-electron chi connectivity index (χ0n) is 15.4. The van der Waals surface area contributed by atoms with Gasteiger partial charge >= 0.3 is 0 Å². The lowest BCUT2D eigenvalue weighted by Crippen LogP contribution is -2.16. The van der Waals surface area contributed by atoms with Gasteiger partial charge in [-0.15, -0.1) is 5.92 Å². The molecule has 0 aromatic carbocycles. The second-order valence-corrected chi connectivity index (χ2v) is 8.45. The van der Waals surface area contributed by atoms with E-state index in [1.807, 2.05) is 32.9 Å². The van der Waals surface area contributed by atoms with Gasteiger partial charge in [0.25, 0.3) is 10.1 Å². The van der Waals surface area contributed by atoms with Crippen LogP contribution in [0.5, 0.6) is 0 Å². The van der Waals surface area contributed by atoms with Crippen LogP contribution in [0.3, 0.4) is 0 Å². The van der Waals surface area contributed by atoms with Crippen LogP contribution in [0.1, 0.15) is 50.2 Å². The zero-order chi connectivity index (χ0) is 18.6. The number of hydrogen-bond acceptors (Lipinski definition) is 4. The molecule has 25 heavy (non-hydrogen) atoms. The van der Waals surface area contributed by atoms with Gasteiger partial charge < -0.3 is 4.42 Å². The largest absolute Gasteiger partial charge is 0.461 e. The SMILES string of the molecule is C=C(C)[C@H]1CCC#C[C@@H](OS(C)(=O)=O)C/C(C)=C\c2cc(C)c(o2)C1. The Bertz CT molecular complexity index is 831. The molecular formula is C20H26O4S. The summed E-state index contributed by atoms with van der Waals surface area (Å²) in [4.78, 5) is 0. The zero-order valence-corrected chi connectivity index (χ0v) is 16.2. The molecule has 2 atom stereocenters. The summed E-state index contributed by atoms with van der Waals surface area (Å²) in [5.74, 6) is 8.07. The van der Waals surface area contributed by atoms with Crippen molar-refractivity contribution in [2.24, 2.45) is 5.92 Å². The quantitative estimate of drug-likeness (QED) is 0.458. The van der Waals surface area contributed by atoms with Crippen LogP contribution < -0.4 is 0 Å². The van der Waals surface area contributed by atoms with Crippen molar-refractivity contribution < 1.29 is 17.0 Å². The summed E-state index contributed by atoms with van der Waals surface area (Å²) in [7, 11) is -3.56. The molecule has 1 aliphatic heterocycles. The third kappa shape index (κ3) is 6.22. The smallest absolute Gasteiger partial charge is 0.265 e. The van der Waals surface area contributed by atoms with Gasteiger partial charge in [-0.25, -0.2) is 0 Å². The van der Waals surface area contributed by atoms with E-state index in [4.69, 9.17) is 8.60 Å². The molecule has 2 rings (SSSR count). The van der Waals surface area contributed by atoms with Crippen LogP contribution in [0, 0.1) is 24.7 Å². The van der Waals surface area contributed by atoms with Crippen LogP contribution in [0.2, 0.25) is 0 Å². The molecule has 1 aromatic rings. The predicted octanol–water partition coefficient (Wildman–Crippen LogP) is 4.26. The van der Waals surface area contributed by atoms with Crippen molar-refractivity contribution in [1.29, 1.82) is 0 Å². The van der Waals surface area contributed by atoms with E-state index in [9.17, 15) is 8.42 Å². The number of hydrogen-bond donors (Lipinski definition) is 0. The van der Waals surface area contributed by atoms with Crippen LogP contribution in [0.15, 0.2) is 28.2 Å². The number of aryl methyl sites for hydroxylation is 1. The first-order valence-electron chi connectivity index (χ1n) is 8.42. The van der Waals surface area contributed by atoms with Crippen LogP contribution in [0.25, 0.3) is 6.08 Å². The molecule has 0 unspecified atom stereocenters. The minimum absolute atomic E-state index is 0.284. The van der Waals surface area contributed by atoms with Crippen molar-refractivity contribution in [3.63, 3.8) is 0 Å². The van der Waals surface area contributed by atoms with Crippen molar-refractivity contribution >= 4 is 16.2 Å². The lowest BCUT2D eigenvalue weighted by molar-refractivity contribution is 0.267. The van der Waals surface area contributed by atoms with Crippen molar-refractivity contribution in [1.82, 2.24) is 0 Å². The molecule has 0 amide bonds. The molecule has 0 saturated heterocycles. The molecule has 2 heterocycles. The Hall–Kier alpha value is -1.77. The summed E-state index contributed by atoms with van der Waals surface area (Å²) >= 11 is 0. The number of fused-ring (bicyclic) bond motifs is 2. The van der Waals surface area contributed by atoms with E-state index in [2.05, 4.69) is 18.4 Å². The molecule has 1 aromatic heterocycles. The van der Waals surface area contributed by atoms with E-state index in [-0.39, 0.29) is 5.92 Å². The minimum atomic E-state index is -3.56. The number of rotatable bonds is 3. The summed E-state index contributed by atoms with van der Waals surface area (Å²) in [6.45, 7) is 10.1. The molecule has 5 heteroatoms. The molecule has 1 aliphatic rings. The summed E-state index contributed by atoms with van der Waals surface area (Å²) in [5, 5.41) is 0. The molecule has 0 saturated carbocycles. The Morgan fingerprint density at radius 3 is 2.72 bits per heavy atom. The first-order valence-corrected chi connectivity index (χ1v) is 10.2. The number of furan rings is 1. The molecule has 0 aliphatic carbocycles. The highest BCUT2D eigenvalue weighted by Gasteiger charge is 2.17. The monoisotopic (exact) mass is 362 g/mol. The van der Waals surface area contributed by atoms with Crippen LogP contribution in [-0.2, 0) is 20.7 Å². The van der Waals surface area contributed by atoms with Crippen LogP contribution >= 0.6 is 0 Å². The van der Waals surface area contributed by atoms with Gasteiger partial charge in [0.2, 0.25) is 0 Å². The highest BCUT2D eigenvalue weighted by molar-refractivity contribution is 7.86. The fourth-order valence-electron chi connectivity index (χ4n) is 2.91. The lowest BCUT2D eigenvalue weighted by atomic mass is 9.91. The van der Waals surface area contributed by atoms with Gasteiger partial charge in [-0.3, -0.25) is 4.18 Å². The fraction of sp³-hybridized carbons (Fsp3) is 0.500. The van der Waals surface area contributed by atoms with Crippen molar-refractivity contribution in [2.75, 3.05) is 6.26 Å². The topological polar surface area (TPSA) is 56.5 Å². The second kappa shape index (κ2) is 8.07. The molecule has 2 bridgehead atoms. The Morgan fingerprint density at radius 1 is 1.36 bits per heavy atom. The predicted molar refractivity (Wildman–Crippen MR) is 100 cm³/mol. The Balaban J connectivity index is 2.37. The van der Waals surface area contributed by atoms with E-state index in [0.29, 0.717) is 12.8 Å². The Labute approximate surface area is 151 Å². The summed E-state index contributed by atoms with van der Waals surface area (Å²) in [6.07, 6.45) is 5.04. The molecule has 4 nitrogen and oxygen atoms in total. The normalized spacial score (nSPS) is 23.9. The summed E-state index contributed by atoms with van der Waals surface area (Å²) in [6, 6.07) is 2.01. The van der Waals surface area contributed by atoms with Gasteiger partial charge in [0.05, 0.1) is 6.26 Å². The van der Waals surface area contributed by atoms with Gasteiger partial charge in [0.15, 0.2) is 0 Å².